The number of hydrogen-bond donors (Lipinski definition) is 8. The lowest BCUT2D eigenvalue weighted by atomic mass is 9.97. The first-order chi connectivity index (χ1) is 12.3. The van der Waals surface area contributed by atoms with Crippen molar-refractivity contribution in [3.63, 3.8) is 0 Å². The van der Waals surface area contributed by atoms with Gasteiger partial charge in [-0.05, 0) is 0 Å². The predicted molar refractivity (Wildman–Crippen MR) is 81.4 cm³/mol. The van der Waals surface area contributed by atoms with Crippen molar-refractivity contribution in [1.82, 2.24) is 0 Å². The summed E-state index contributed by atoms with van der Waals surface area (Å²) < 4.78 is 21.3. The lowest BCUT2D eigenvalue weighted by Crippen LogP contribution is -2.64. The third-order valence-corrected chi connectivity index (χ3v) is 4.36. The molecule has 0 unspecified atom stereocenters. The molecular weight excluding hydrogens is 358 g/mol. The first-order valence-corrected chi connectivity index (χ1v) is 8.25. The van der Waals surface area contributed by atoms with E-state index in [2.05, 4.69) is 0 Å². The van der Waals surface area contributed by atoms with E-state index in [1.807, 2.05) is 0 Å². The molecule has 0 spiro atoms. The third-order valence-electron chi connectivity index (χ3n) is 4.36. The number of hydrogen-bond acceptors (Lipinski definition) is 12. The second kappa shape index (κ2) is 9.64. The van der Waals surface area contributed by atoms with Gasteiger partial charge in [-0.1, -0.05) is 0 Å². The summed E-state index contributed by atoms with van der Waals surface area (Å²) in [7, 11) is 0. The monoisotopic (exact) mass is 385 g/mol. The summed E-state index contributed by atoms with van der Waals surface area (Å²) in [5.41, 5.74) is 5.36. The normalized spacial score (nSPS) is 47.1. The molecule has 0 aromatic heterocycles. The van der Waals surface area contributed by atoms with Gasteiger partial charge in [-0.25, -0.2) is 0 Å². The Labute approximate surface area is 149 Å². The molecule has 2 fully saturated rings. The van der Waals surface area contributed by atoms with Gasteiger partial charge in [0.2, 0.25) is 0 Å². The van der Waals surface area contributed by atoms with Crippen LogP contribution in [0.5, 0.6) is 0 Å². The van der Waals surface area contributed by atoms with Gasteiger partial charge in [-0.15, -0.1) is 0 Å². The molecule has 0 aromatic carbocycles. The quantitative estimate of drug-likeness (QED) is 0.207. The van der Waals surface area contributed by atoms with E-state index in [4.69, 9.17) is 24.7 Å². The van der Waals surface area contributed by atoms with Crippen LogP contribution in [0.1, 0.15) is 0 Å². The molecule has 0 bridgehead atoms. The molecule has 2 heterocycles. The van der Waals surface area contributed by atoms with Crippen molar-refractivity contribution in [2.24, 2.45) is 5.73 Å². The molecule has 2 aliphatic rings. The van der Waals surface area contributed by atoms with Crippen LogP contribution in [-0.4, -0.2) is 124 Å². The summed E-state index contributed by atoms with van der Waals surface area (Å²) >= 11 is 0. The van der Waals surface area contributed by atoms with Crippen molar-refractivity contribution in [2.75, 3.05) is 26.4 Å². The van der Waals surface area contributed by atoms with E-state index in [0.717, 1.165) is 0 Å². The van der Waals surface area contributed by atoms with Crippen molar-refractivity contribution in [2.45, 2.75) is 61.4 Å². The van der Waals surface area contributed by atoms with Crippen LogP contribution in [0.4, 0.5) is 0 Å². The summed E-state index contributed by atoms with van der Waals surface area (Å²) in [5, 5.41) is 68.4. The van der Waals surface area contributed by atoms with Crippen LogP contribution in [0, 0.1) is 0 Å². The van der Waals surface area contributed by atoms with Crippen molar-refractivity contribution >= 4 is 0 Å². The lowest BCUT2D eigenvalue weighted by Gasteiger charge is -2.45. The number of aliphatic hydroxyl groups excluding tert-OH is 7. The zero-order chi connectivity index (χ0) is 19.4. The fourth-order valence-electron chi connectivity index (χ4n) is 2.85. The Morgan fingerprint density at radius 1 is 0.731 bits per heavy atom. The van der Waals surface area contributed by atoms with Gasteiger partial charge in [0, 0.05) is 6.54 Å². The average Bonchev–Trinajstić information content (AvgIpc) is 2.64. The number of ether oxygens (including phenoxy) is 4. The van der Waals surface area contributed by atoms with Crippen molar-refractivity contribution in [1.29, 1.82) is 0 Å². The van der Waals surface area contributed by atoms with Gasteiger partial charge >= 0.3 is 0 Å². The van der Waals surface area contributed by atoms with Gasteiger partial charge in [-0.2, -0.15) is 0 Å². The fraction of sp³-hybridized carbons (Fsp3) is 1.00. The minimum Gasteiger partial charge on any atom is -0.394 e. The molecule has 12 nitrogen and oxygen atoms in total. The van der Waals surface area contributed by atoms with Crippen molar-refractivity contribution in [3.05, 3.63) is 0 Å². The molecule has 2 rings (SSSR count). The first kappa shape index (κ1) is 21.8. The highest BCUT2D eigenvalue weighted by atomic mass is 16.8. The zero-order valence-corrected chi connectivity index (χ0v) is 13.9. The summed E-state index contributed by atoms with van der Waals surface area (Å²) in [6, 6.07) is 0. The van der Waals surface area contributed by atoms with E-state index in [-0.39, 0.29) is 13.2 Å². The predicted octanol–water partition coefficient (Wildman–Crippen LogP) is -5.41. The lowest BCUT2D eigenvalue weighted by molar-refractivity contribution is -0.367. The van der Waals surface area contributed by atoms with Gasteiger partial charge in [-0.3, -0.25) is 0 Å². The third kappa shape index (κ3) is 4.49. The van der Waals surface area contributed by atoms with E-state index >= 15 is 0 Å². The van der Waals surface area contributed by atoms with Crippen LogP contribution in [0.3, 0.4) is 0 Å². The molecule has 12 heteroatoms. The van der Waals surface area contributed by atoms with E-state index in [9.17, 15) is 35.7 Å². The maximum Gasteiger partial charge on any atom is 0.187 e. The van der Waals surface area contributed by atoms with Crippen LogP contribution >= 0.6 is 0 Å². The van der Waals surface area contributed by atoms with E-state index in [0.29, 0.717) is 0 Å². The Morgan fingerprint density at radius 3 is 1.81 bits per heavy atom. The average molecular weight is 385 g/mol. The number of aliphatic hydroxyl groups is 7. The Balaban J connectivity index is 2.14. The van der Waals surface area contributed by atoms with Crippen LogP contribution < -0.4 is 5.73 Å². The summed E-state index contributed by atoms with van der Waals surface area (Å²) in [5.74, 6) is 0. The largest absolute Gasteiger partial charge is 0.394 e. The molecule has 154 valence electrons. The van der Waals surface area contributed by atoms with Crippen molar-refractivity contribution < 1.29 is 54.7 Å². The van der Waals surface area contributed by atoms with Crippen LogP contribution in [0.2, 0.25) is 0 Å². The number of rotatable bonds is 7. The van der Waals surface area contributed by atoms with Crippen LogP contribution in [-0.2, 0) is 18.9 Å². The molecular formula is C14H27NO11. The second-order valence-corrected chi connectivity index (χ2v) is 6.16. The topological polar surface area (TPSA) is 205 Å². The minimum absolute atomic E-state index is 0.0141. The summed E-state index contributed by atoms with van der Waals surface area (Å²) in [6.07, 6.45) is -14.6. The molecule has 9 N–H and O–H groups in total. The molecule has 0 saturated carbocycles. The maximum atomic E-state index is 10.3. The Hall–Kier alpha value is -0.480. The highest BCUT2D eigenvalue weighted by Gasteiger charge is 2.50. The molecule has 0 radical (unpaired) electrons. The highest BCUT2D eigenvalue weighted by Crippen LogP contribution is 2.29. The van der Waals surface area contributed by atoms with Gasteiger partial charge in [0.05, 0.1) is 19.8 Å². The molecule has 0 amide bonds. The second-order valence-electron chi connectivity index (χ2n) is 6.16. The number of nitrogens with two attached hydrogens (primary N) is 1. The van der Waals surface area contributed by atoms with Crippen LogP contribution in [0.25, 0.3) is 0 Å². The fourth-order valence-corrected chi connectivity index (χ4v) is 2.85. The minimum atomic E-state index is -1.71. The summed E-state index contributed by atoms with van der Waals surface area (Å²) in [6.45, 7) is -1.11. The molecule has 0 aliphatic carbocycles. The summed E-state index contributed by atoms with van der Waals surface area (Å²) in [4.78, 5) is 0. The first-order valence-electron chi connectivity index (χ1n) is 8.25. The molecule has 2 saturated heterocycles. The van der Waals surface area contributed by atoms with Gasteiger partial charge < -0.3 is 60.4 Å². The maximum absolute atomic E-state index is 10.3. The van der Waals surface area contributed by atoms with E-state index < -0.39 is 74.6 Å². The van der Waals surface area contributed by atoms with Gasteiger partial charge in [0.15, 0.2) is 12.6 Å². The SMILES string of the molecule is NCCO[C@H]1O[C@H](CO)[C@@H](O)[C@H](O)[C@@H]1O[C@H]1O[C@H](CO)[C@@H](O)[C@H](O)[C@@H]1O. The standard InChI is InChI=1S/C14H27NO11/c15-1-2-23-14-12(10(21)8(19)6(4-17)25-14)26-13-11(22)9(20)7(18)5(3-16)24-13/h5-14,16-22H,1-4,15H2/t5-,6-,7-,8-,9+,10+,11+,12+,13-,14+/m1/s1. The molecule has 26 heavy (non-hydrogen) atoms. The Morgan fingerprint density at radius 2 is 1.27 bits per heavy atom. The Kier molecular flexibility index (Phi) is 8.08. The highest BCUT2D eigenvalue weighted by molar-refractivity contribution is 4.93. The van der Waals surface area contributed by atoms with Gasteiger partial charge in [0.1, 0.15) is 48.8 Å². The van der Waals surface area contributed by atoms with E-state index in [1.165, 1.54) is 0 Å². The Bertz CT molecular complexity index is 428. The molecule has 2 aliphatic heterocycles. The van der Waals surface area contributed by atoms with E-state index in [1.54, 1.807) is 0 Å². The van der Waals surface area contributed by atoms with Crippen molar-refractivity contribution in [3.8, 4) is 0 Å². The molecule has 10 atom stereocenters. The smallest absolute Gasteiger partial charge is 0.187 e. The van der Waals surface area contributed by atoms with Gasteiger partial charge in [0.25, 0.3) is 0 Å². The molecule has 0 aromatic rings. The zero-order valence-electron chi connectivity index (χ0n) is 13.9. The van der Waals surface area contributed by atoms with Crippen LogP contribution in [0.15, 0.2) is 0 Å².